The number of hydrogen-bond acceptors (Lipinski definition) is 3. The average Bonchev–Trinajstić information content (AvgIpc) is 2.36. The van der Waals surface area contributed by atoms with Crippen LogP contribution in [0.2, 0.25) is 0 Å². The number of aliphatic hydroxyl groups is 1. The molecule has 0 heterocycles. The topological polar surface area (TPSA) is 49.3 Å². The molecule has 0 aromatic heterocycles. The third-order valence-corrected chi connectivity index (χ3v) is 4.11. The standard InChI is InChI=1S/C15H22FNO2S/c1-14(2,11-7-5-6-8-12(11)16)13(18)17-9-15(3,19)10-20-4/h5-8,19H,9-10H2,1-4H3,(H,17,18). The van der Waals surface area contributed by atoms with Gasteiger partial charge in [-0.1, -0.05) is 18.2 Å². The van der Waals surface area contributed by atoms with Gasteiger partial charge in [-0.05, 0) is 33.1 Å². The smallest absolute Gasteiger partial charge is 0.230 e. The Bertz CT molecular complexity index is 475. The predicted molar refractivity (Wildman–Crippen MR) is 81.4 cm³/mol. The Labute approximate surface area is 124 Å². The zero-order chi connectivity index (χ0) is 15.4. The molecule has 0 spiro atoms. The van der Waals surface area contributed by atoms with Gasteiger partial charge < -0.3 is 10.4 Å². The van der Waals surface area contributed by atoms with Crippen LogP contribution in [0.25, 0.3) is 0 Å². The number of amides is 1. The van der Waals surface area contributed by atoms with E-state index in [-0.39, 0.29) is 12.5 Å². The Morgan fingerprint density at radius 2 is 1.95 bits per heavy atom. The van der Waals surface area contributed by atoms with Gasteiger partial charge in [0.2, 0.25) is 5.91 Å². The number of hydrogen-bond donors (Lipinski definition) is 2. The lowest BCUT2D eigenvalue weighted by molar-refractivity contribution is -0.126. The summed E-state index contributed by atoms with van der Waals surface area (Å²) in [7, 11) is 0. The van der Waals surface area contributed by atoms with Crippen molar-refractivity contribution in [2.75, 3.05) is 18.6 Å². The second-order valence-corrected chi connectivity index (χ2v) is 6.58. The first-order chi connectivity index (χ1) is 9.20. The first-order valence-electron chi connectivity index (χ1n) is 6.45. The van der Waals surface area contributed by atoms with Crippen LogP contribution in [0.15, 0.2) is 24.3 Å². The number of nitrogens with one attached hydrogen (secondary N) is 1. The molecule has 1 rings (SSSR count). The zero-order valence-electron chi connectivity index (χ0n) is 12.4. The van der Waals surface area contributed by atoms with Gasteiger partial charge in [0.05, 0.1) is 11.0 Å². The van der Waals surface area contributed by atoms with Gasteiger partial charge in [-0.2, -0.15) is 11.8 Å². The number of benzene rings is 1. The number of carbonyl (C=O) groups excluding carboxylic acids is 1. The highest BCUT2D eigenvalue weighted by molar-refractivity contribution is 7.98. The van der Waals surface area contributed by atoms with E-state index in [1.807, 2.05) is 6.26 Å². The van der Waals surface area contributed by atoms with E-state index >= 15 is 0 Å². The molecule has 0 aliphatic rings. The molecule has 0 radical (unpaired) electrons. The number of rotatable bonds is 6. The molecule has 0 saturated heterocycles. The Balaban J connectivity index is 2.79. The summed E-state index contributed by atoms with van der Waals surface area (Å²) in [6.07, 6.45) is 1.89. The Kier molecular flexibility index (Phi) is 5.59. The van der Waals surface area contributed by atoms with Crippen LogP contribution >= 0.6 is 11.8 Å². The predicted octanol–water partition coefficient (Wildman–Crippen LogP) is 2.33. The lowest BCUT2D eigenvalue weighted by Crippen LogP contribution is -2.48. The summed E-state index contributed by atoms with van der Waals surface area (Å²) in [4.78, 5) is 12.3. The zero-order valence-corrected chi connectivity index (χ0v) is 13.2. The van der Waals surface area contributed by atoms with Gasteiger partial charge in [0.1, 0.15) is 5.82 Å². The lowest BCUT2D eigenvalue weighted by Gasteiger charge is -2.28. The van der Waals surface area contributed by atoms with Crippen molar-refractivity contribution in [1.29, 1.82) is 0 Å². The fraction of sp³-hybridized carbons (Fsp3) is 0.533. The lowest BCUT2D eigenvalue weighted by atomic mass is 9.83. The van der Waals surface area contributed by atoms with Crippen molar-refractivity contribution in [2.45, 2.75) is 31.8 Å². The van der Waals surface area contributed by atoms with Gasteiger partial charge in [-0.25, -0.2) is 4.39 Å². The molecular weight excluding hydrogens is 277 g/mol. The van der Waals surface area contributed by atoms with Crippen molar-refractivity contribution in [3.05, 3.63) is 35.6 Å². The Hall–Kier alpha value is -1.07. The summed E-state index contributed by atoms with van der Waals surface area (Å²) in [5.74, 6) is -0.180. The molecule has 0 saturated carbocycles. The highest BCUT2D eigenvalue weighted by atomic mass is 32.2. The Morgan fingerprint density at radius 3 is 2.50 bits per heavy atom. The number of thioether (sulfide) groups is 1. The largest absolute Gasteiger partial charge is 0.387 e. The molecule has 2 N–H and O–H groups in total. The molecule has 0 aliphatic heterocycles. The van der Waals surface area contributed by atoms with Crippen molar-refractivity contribution >= 4 is 17.7 Å². The molecular formula is C15H22FNO2S. The van der Waals surface area contributed by atoms with E-state index in [1.54, 1.807) is 39.0 Å². The third-order valence-electron chi connectivity index (χ3n) is 3.20. The minimum atomic E-state index is -0.985. The third kappa shape index (κ3) is 4.21. The van der Waals surface area contributed by atoms with E-state index in [9.17, 15) is 14.3 Å². The molecule has 20 heavy (non-hydrogen) atoms. The van der Waals surface area contributed by atoms with Gasteiger partial charge in [-0.3, -0.25) is 4.79 Å². The van der Waals surface area contributed by atoms with Crippen LogP contribution in [0.3, 0.4) is 0 Å². The monoisotopic (exact) mass is 299 g/mol. The van der Waals surface area contributed by atoms with Crippen LogP contribution in [0, 0.1) is 5.82 Å². The molecule has 1 aromatic rings. The average molecular weight is 299 g/mol. The maximum Gasteiger partial charge on any atom is 0.230 e. The maximum absolute atomic E-state index is 13.8. The van der Waals surface area contributed by atoms with E-state index in [4.69, 9.17) is 0 Å². The second kappa shape index (κ2) is 6.59. The summed E-state index contributed by atoms with van der Waals surface area (Å²) in [6.45, 7) is 5.15. The van der Waals surface area contributed by atoms with Crippen molar-refractivity contribution in [1.82, 2.24) is 5.32 Å². The van der Waals surface area contributed by atoms with Crippen molar-refractivity contribution < 1.29 is 14.3 Å². The fourth-order valence-electron chi connectivity index (χ4n) is 1.94. The van der Waals surface area contributed by atoms with Crippen molar-refractivity contribution in [3.63, 3.8) is 0 Å². The van der Waals surface area contributed by atoms with E-state index in [2.05, 4.69) is 5.32 Å². The van der Waals surface area contributed by atoms with E-state index in [0.29, 0.717) is 11.3 Å². The second-order valence-electron chi connectivity index (χ2n) is 5.72. The molecule has 1 atom stereocenters. The molecule has 0 aliphatic carbocycles. The van der Waals surface area contributed by atoms with E-state index in [1.165, 1.54) is 17.8 Å². The Morgan fingerprint density at radius 1 is 1.35 bits per heavy atom. The summed E-state index contributed by atoms with van der Waals surface area (Å²) in [5.41, 5.74) is -1.61. The minimum Gasteiger partial charge on any atom is -0.387 e. The van der Waals surface area contributed by atoms with Gasteiger partial charge in [0.15, 0.2) is 0 Å². The number of carbonyl (C=O) groups is 1. The summed E-state index contributed by atoms with van der Waals surface area (Å²) < 4.78 is 13.8. The van der Waals surface area contributed by atoms with Gasteiger partial charge >= 0.3 is 0 Å². The molecule has 1 unspecified atom stereocenters. The van der Waals surface area contributed by atoms with Crippen LogP contribution in [0.4, 0.5) is 4.39 Å². The van der Waals surface area contributed by atoms with Crippen molar-refractivity contribution in [2.24, 2.45) is 0 Å². The SMILES string of the molecule is CSCC(C)(O)CNC(=O)C(C)(C)c1ccccc1F. The van der Waals surface area contributed by atoms with Gasteiger partial charge in [0.25, 0.3) is 0 Å². The van der Waals surface area contributed by atoms with Crippen LogP contribution in [0.1, 0.15) is 26.3 Å². The summed E-state index contributed by atoms with van der Waals surface area (Å²) >= 11 is 1.51. The van der Waals surface area contributed by atoms with Crippen LogP contribution in [0.5, 0.6) is 0 Å². The molecule has 5 heteroatoms. The highest BCUT2D eigenvalue weighted by Crippen LogP contribution is 2.26. The molecule has 1 aromatic carbocycles. The van der Waals surface area contributed by atoms with Crippen LogP contribution in [-0.2, 0) is 10.2 Å². The van der Waals surface area contributed by atoms with Crippen LogP contribution < -0.4 is 5.32 Å². The first-order valence-corrected chi connectivity index (χ1v) is 7.85. The van der Waals surface area contributed by atoms with E-state index < -0.39 is 16.8 Å². The molecule has 1 amide bonds. The highest BCUT2D eigenvalue weighted by Gasteiger charge is 2.33. The molecule has 3 nitrogen and oxygen atoms in total. The summed E-state index contributed by atoms with van der Waals surface area (Å²) in [5, 5.41) is 12.7. The molecule has 0 fully saturated rings. The maximum atomic E-state index is 13.8. The summed E-state index contributed by atoms with van der Waals surface area (Å²) in [6, 6.07) is 6.25. The van der Waals surface area contributed by atoms with Crippen molar-refractivity contribution in [3.8, 4) is 0 Å². The number of halogens is 1. The minimum absolute atomic E-state index is 0.143. The van der Waals surface area contributed by atoms with Gasteiger partial charge in [-0.15, -0.1) is 0 Å². The fourth-order valence-corrected chi connectivity index (χ4v) is 2.67. The first kappa shape index (κ1) is 17.0. The molecule has 0 bridgehead atoms. The normalized spacial score (nSPS) is 14.7. The van der Waals surface area contributed by atoms with Crippen LogP contribution in [-0.4, -0.2) is 35.2 Å². The quantitative estimate of drug-likeness (QED) is 0.847. The van der Waals surface area contributed by atoms with E-state index in [0.717, 1.165) is 0 Å². The van der Waals surface area contributed by atoms with Gasteiger partial charge in [0, 0.05) is 17.9 Å². The molecule has 112 valence electrons.